The summed E-state index contributed by atoms with van der Waals surface area (Å²) in [5.41, 5.74) is 1.62. The van der Waals surface area contributed by atoms with Crippen molar-refractivity contribution in [3.8, 4) is 0 Å². The van der Waals surface area contributed by atoms with Crippen LogP contribution in [0.3, 0.4) is 0 Å². The highest BCUT2D eigenvalue weighted by atomic mass is 16.2. The summed E-state index contributed by atoms with van der Waals surface area (Å²) in [5.74, 6) is 0.354. The lowest BCUT2D eigenvalue weighted by molar-refractivity contribution is -0.128. The van der Waals surface area contributed by atoms with Crippen LogP contribution in [-0.4, -0.2) is 48.9 Å². The summed E-state index contributed by atoms with van der Waals surface area (Å²) in [4.78, 5) is 37.6. The van der Waals surface area contributed by atoms with Crippen molar-refractivity contribution in [2.75, 3.05) is 25.5 Å². The molecule has 0 aromatic heterocycles. The zero-order chi connectivity index (χ0) is 18.5. The van der Waals surface area contributed by atoms with Gasteiger partial charge in [0, 0.05) is 50.6 Å². The Bertz CT molecular complexity index is 687. The van der Waals surface area contributed by atoms with Crippen molar-refractivity contribution in [3.63, 3.8) is 0 Å². The molecule has 1 heterocycles. The topological polar surface area (TPSA) is 90.5 Å². The first-order chi connectivity index (χ1) is 12.6. The highest BCUT2D eigenvalue weighted by molar-refractivity contribution is 5.90. The molecule has 1 aliphatic heterocycles. The number of aryl methyl sites for hydroxylation is 1. The quantitative estimate of drug-likeness (QED) is 0.690. The number of rotatable bonds is 7. The van der Waals surface area contributed by atoms with E-state index in [1.807, 2.05) is 29.2 Å². The van der Waals surface area contributed by atoms with Crippen LogP contribution in [0.5, 0.6) is 0 Å². The van der Waals surface area contributed by atoms with Gasteiger partial charge in [-0.05, 0) is 30.9 Å². The number of anilines is 1. The van der Waals surface area contributed by atoms with Crippen LogP contribution < -0.4 is 16.0 Å². The third-order valence-corrected chi connectivity index (χ3v) is 4.94. The molecule has 3 rings (SSSR count). The van der Waals surface area contributed by atoms with Crippen LogP contribution in [0.2, 0.25) is 0 Å². The number of nitrogens with zero attached hydrogens (tertiary/aromatic N) is 1. The Morgan fingerprint density at radius 2 is 2.00 bits per heavy atom. The Kier molecular flexibility index (Phi) is 5.75. The van der Waals surface area contributed by atoms with E-state index in [9.17, 15) is 14.4 Å². The van der Waals surface area contributed by atoms with E-state index in [1.54, 1.807) is 7.05 Å². The number of nitrogens with one attached hydrogen (secondary N) is 3. The average Bonchev–Trinajstić information content (AvgIpc) is 3.41. The number of para-hydroxylation sites is 1. The first-order valence-electron chi connectivity index (χ1n) is 9.19. The Morgan fingerprint density at radius 3 is 2.73 bits per heavy atom. The second kappa shape index (κ2) is 8.21. The summed E-state index contributed by atoms with van der Waals surface area (Å²) < 4.78 is 0. The maximum absolute atomic E-state index is 12.2. The van der Waals surface area contributed by atoms with E-state index in [4.69, 9.17) is 0 Å². The minimum Gasteiger partial charge on any atom is -0.359 e. The lowest BCUT2D eigenvalue weighted by atomic mass is 10.1. The van der Waals surface area contributed by atoms with E-state index in [-0.39, 0.29) is 23.8 Å². The van der Waals surface area contributed by atoms with E-state index in [2.05, 4.69) is 16.0 Å². The standard InChI is InChI=1S/C19H26N4O3/c1-20-17(24)9-6-14-4-2-3-5-16(14)22-19(26)21-11-13-10-18(25)23(12-13)15-7-8-15/h2-5,13,15H,6-12H2,1H3,(H,20,24)(H2,21,22,26)/t13-/m0/s1. The van der Waals surface area contributed by atoms with Crippen LogP contribution in [0.25, 0.3) is 0 Å². The van der Waals surface area contributed by atoms with Crippen LogP contribution in [-0.2, 0) is 16.0 Å². The number of likely N-dealkylation sites (tertiary alicyclic amines) is 1. The molecule has 0 unspecified atom stereocenters. The molecule has 2 fully saturated rings. The fourth-order valence-electron chi connectivity index (χ4n) is 3.32. The smallest absolute Gasteiger partial charge is 0.319 e. The van der Waals surface area contributed by atoms with Crippen LogP contribution in [0.4, 0.5) is 10.5 Å². The highest BCUT2D eigenvalue weighted by Crippen LogP contribution is 2.32. The number of hydrogen-bond donors (Lipinski definition) is 3. The molecule has 1 saturated carbocycles. The van der Waals surface area contributed by atoms with Crippen LogP contribution in [0, 0.1) is 5.92 Å². The van der Waals surface area contributed by atoms with Gasteiger partial charge in [-0.2, -0.15) is 0 Å². The van der Waals surface area contributed by atoms with E-state index in [1.165, 1.54) is 0 Å². The van der Waals surface area contributed by atoms with Gasteiger partial charge in [-0.1, -0.05) is 18.2 Å². The lowest BCUT2D eigenvalue weighted by Gasteiger charge is -2.16. The van der Waals surface area contributed by atoms with E-state index < -0.39 is 0 Å². The molecule has 1 aromatic rings. The number of carbonyl (C=O) groups is 3. The summed E-state index contributed by atoms with van der Waals surface area (Å²) in [6.45, 7) is 1.23. The summed E-state index contributed by atoms with van der Waals surface area (Å²) in [7, 11) is 1.61. The molecule has 2 aliphatic rings. The van der Waals surface area contributed by atoms with Gasteiger partial charge in [0.15, 0.2) is 0 Å². The summed E-state index contributed by atoms with van der Waals surface area (Å²) in [5, 5.41) is 8.32. The second-order valence-corrected chi connectivity index (χ2v) is 7.01. The number of amides is 4. The van der Waals surface area contributed by atoms with Gasteiger partial charge < -0.3 is 20.9 Å². The molecule has 1 aromatic carbocycles. The van der Waals surface area contributed by atoms with E-state index >= 15 is 0 Å². The lowest BCUT2D eigenvalue weighted by Crippen LogP contribution is -2.34. The normalized spacial score (nSPS) is 19.3. The van der Waals surface area contributed by atoms with E-state index in [0.29, 0.717) is 37.5 Å². The van der Waals surface area contributed by atoms with Crippen molar-refractivity contribution in [2.24, 2.45) is 5.92 Å². The Labute approximate surface area is 153 Å². The molecule has 1 aliphatic carbocycles. The van der Waals surface area contributed by atoms with Gasteiger partial charge in [0.1, 0.15) is 0 Å². The molecule has 4 amide bonds. The Balaban J connectivity index is 1.47. The predicted molar refractivity (Wildman–Crippen MR) is 98.7 cm³/mol. The molecule has 0 spiro atoms. The van der Waals surface area contributed by atoms with Gasteiger partial charge in [0.2, 0.25) is 11.8 Å². The molecule has 0 radical (unpaired) electrons. The van der Waals surface area contributed by atoms with Crippen LogP contribution in [0.1, 0.15) is 31.2 Å². The van der Waals surface area contributed by atoms with Crippen molar-refractivity contribution >= 4 is 23.5 Å². The molecular weight excluding hydrogens is 332 g/mol. The van der Waals surface area contributed by atoms with Gasteiger partial charge in [-0.25, -0.2) is 4.79 Å². The van der Waals surface area contributed by atoms with Crippen molar-refractivity contribution in [2.45, 2.75) is 38.1 Å². The number of benzene rings is 1. The van der Waals surface area contributed by atoms with Gasteiger partial charge in [-0.3, -0.25) is 9.59 Å². The molecule has 140 valence electrons. The van der Waals surface area contributed by atoms with E-state index in [0.717, 1.165) is 24.9 Å². The molecule has 26 heavy (non-hydrogen) atoms. The highest BCUT2D eigenvalue weighted by Gasteiger charge is 2.39. The summed E-state index contributed by atoms with van der Waals surface area (Å²) in [6.07, 6.45) is 3.67. The minimum absolute atomic E-state index is 0.0321. The monoisotopic (exact) mass is 358 g/mol. The summed E-state index contributed by atoms with van der Waals surface area (Å²) >= 11 is 0. The molecule has 1 saturated heterocycles. The van der Waals surface area contributed by atoms with Crippen LogP contribution >= 0.6 is 0 Å². The molecule has 1 atom stereocenters. The van der Waals surface area contributed by atoms with Crippen molar-refractivity contribution in [1.82, 2.24) is 15.5 Å². The zero-order valence-corrected chi connectivity index (χ0v) is 15.1. The van der Waals surface area contributed by atoms with Crippen molar-refractivity contribution in [1.29, 1.82) is 0 Å². The van der Waals surface area contributed by atoms with Gasteiger partial charge >= 0.3 is 6.03 Å². The van der Waals surface area contributed by atoms with Gasteiger partial charge in [0.05, 0.1) is 0 Å². The van der Waals surface area contributed by atoms with Crippen molar-refractivity contribution in [3.05, 3.63) is 29.8 Å². The first-order valence-corrected chi connectivity index (χ1v) is 9.19. The number of carbonyl (C=O) groups excluding carboxylic acids is 3. The fourth-order valence-corrected chi connectivity index (χ4v) is 3.32. The van der Waals surface area contributed by atoms with Crippen molar-refractivity contribution < 1.29 is 14.4 Å². The molecule has 0 bridgehead atoms. The summed E-state index contributed by atoms with van der Waals surface area (Å²) in [6, 6.07) is 7.62. The number of hydrogen-bond acceptors (Lipinski definition) is 3. The largest absolute Gasteiger partial charge is 0.359 e. The molecule has 7 heteroatoms. The molecule has 7 nitrogen and oxygen atoms in total. The fraction of sp³-hybridized carbons (Fsp3) is 0.526. The average molecular weight is 358 g/mol. The SMILES string of the molecule is CNC(=O)CCc1ccccc1NC(=O)NC[C@@H]1CC(=O)N(C2CC2)C1. The minimum atomic E-state index is -0.283. The maximum Gasteiger partial charge on any atom is 0.319 e. The predicted octanol–water partition coefficient (Wildman–Crippen LogP) is 1.50. The number of urea groups is 1. The molecule has 3 N–H and O–H groups in total. The van der Waals surface area contributed by atoms with Gasteiger partial charge in [-0.15, -0.1) is 0 Å². The van der Waals surface area contributed by atoms with Crippen LogP contribution in [0.15, 0.2) is 24.3 Å². The second-order valence-electron chi connectivity index (χ2n) is 7.01. The third-order valence-electron chi connectivity index (χ3n) is 4.94. The van der Waals surface area contributed by atoms with Gasteiger partial charge in [0.25, 0.3) is 0 Å². The third kappa shape index (κ3) is 4.74. The zero-order valence-electron chi connectivity index (χ0n) is 15.1. The molecular formula is C19H26N4O3. The first kappa shape index (κ1) is 18.2. The Morgan fingerprint density at radius 1 is 1.23 bits per heavy atom. The Hall–Kier alpha value is -2.57. The maximum atomic E-state index is 12.2.